The van der Waals surface area contributed by atoms with Crippen LogP contribution in [0.5, 0.6) is 5.75 Å². The first kappa shape index (κ1) is 26.4. The van der Waals surface area contributed by atoms with E-state index in [1.165, 1.54) is 56.9 Å². The molecular weight excluding hydrogens is 370 g/mol. The van der Waals surface area contributed by atoms with Crippen LogP contribution in [-0.4, -0.2) is 31.3 Å². The SMILES string of the molecule is CCC/C=C/C/C=C/CCCCCCCc1ccc(CNCCNCCN)c(O)c1. The number of nitrogens with one attached hydrogen (secondary N) is 2. The molecule has 0 aliphatic rings. The maximum absolute atomic E-state index is 10.3. The van der Waals surface area contributed by atoms with E-state index in [0.29, 0.717) is 18.8 Å². The predicted molar refractivity (Wildman–Crippen MR) is 131 cm³/mol. The van der Waals surface area contributed by atoms with E-state index < -0.39 is 0 Å². The minimum absolute atomic E-state index is 0.409. The summed E-state index contributed by atoms with van der Waals surface area (Å²) >= 11 is 0. The molecule has 0 aliphatic carbocycles. The Hall–Kier alpha value is -1.62. The predicted octanol–water partition coefficient (Wildman–Crippen LogP) is 5.22. The van der Waals surface area contributed by atoms with Crippen LogP contribution in [0.25, 0.3) is 0 Å². The van der Waals surface area contributed by atoms with Gasteiger partial charge in [0.1, 0.15) is 5.75 Å². The third-order valence-corrected chi connectivity index (χ3v) is 5.16. The summed E-state index contributed by atoms with van der Waals surface area (Å²) in [5, 5.41) is 16.8. The van der Waals surface area contributed by atoms with E-state index in [9.17, 15) is 5.11 Å². The molecule has 0 bridgehead atoms. The minimum Gasteiger partial charge on any atom is -0.508 e. The van der Waals surface area contributed by atoms with Gasteiger partial charge in [-0.1, -0.05) is 69.0 Å². The molecule has 0 aliphatic heterocycles. The van der Waals surface area contributed by atoms with Crippen LogP contribution in [-0.2, 0) is 13.0 Å². The monoisotopic (exact) mass is 415 g/mol. The number of benzene rings is 1. The smallest absolute Gasteiger partial charge is 0.120 e. The van der Waals surface area contributed by atoms with Gasteiger partial charge in [-0.2, -0.15) is 0 Å². The average Bonchev–Trinajstić information content (AvgIpc) is 2.75. The standard InChI is InChI=1S/C26H45N3O/c1-2-3-4-5-6-7-8-9-10-11-12-13-14-15-24-16-17-25(26(30)22-24)23-29-21-20-28-19-18-27/h4-5,7-8,16-17,22,28-30H,2-3,6,9-15,18-21,23,27H2,1H3/b5-4+,8-7+. The Kier molecular flexibility index (Phi) is 17.0. The molecule has 0 unspecified atom stereocenters. The van der Waals surface area contributed by atoms with Gasteiger partial charge in [0.05, 0.1) is 0 Å². The number of phenolic OH excluding ortho intramolecular Hbond substituents is 1. The largest absolute Gasteiger partial charge is 0.508 e. The Morgan fingerprint density at radius 2 is 1.60 bits per heavy atom. The molecule has 0 aromatic heterocycles. The quantitative estimate of drug-likeness (QED) is 0.185. The van der Waals surface area contributed by atoms with E-state index in [2.05, 4.69) is 54.0 Å². The molecule has 4 heteroatoms. The Morgan fingerprint density at radius 1 is 0.867 bits per heavy atom. The normalized spacial score (nSPS) is 11.8. The lowest BCUT2D eigenvalue weighted by Crippen LogP contribution is -2.30. The number of allylic oxidation sites excluding steroid dienone is 4. The third-order valence-electron chi connectivity index (χ3n) is 5.16. The van der Waals surface area contributed by atoms with Gasteiger partial charge in [0.2, 0.25) is 0 Å². The Morgan fingerprint density at radius 3 is 2.37 bits per heavy atom. The van der Waals surface area contributed by atoms with Crippen molar-refractivity contribution in [3.05, 3.63) is 53.6 Å². The molecule has 4 nitrogen and oxygen atoms in total. The fourth-order valence-corrected chi connectivity index (χ4v) is 3.34. The first-order chi connectivity index (χ1) is 14.8. The van der Waals surface area contributed by atoms with Crippen molar-refractivity contribution >= 4 is 0 Å². The van der Waals surface area contributed by atoms with Crippen LogP contribution in [0.1, 0.15) is 75.8 Å². The zero-order chi connectivity index (χ0) is 21.7. The molecule has 0 atom stereocenters. The summed E-state index contributed by atoms with van der Waals surface area (Å²) in [6.07, 6.45) is 21.3. The highest BCUT2D eigenvalue weighted by atomic mass is 16.3. The maximum Gasteiger partial charge on any atom is 0.120 e. The second-order valence-corrected chi connectivity index (χ2v) is 7.95. The average molecular weight is 416 g/mol. The van der Waals surface area contributed by atoms with E-state index in [0.717, 1.165) is 38.0 Å². The number of phenols is 1. The van der Waals surface area contributed by atoms with Crippen molar-refractivity contribution in [3.8, 4) is 5.75 Å². The Balaban J connectivity index is 2.05. The van der Waals surface area contributed by atoms with Crippen molar-refractivity contribution in [1.29, 1.82) is 0 Å². The molecule has 0 heterocycles. The molecule has 0 saturated carbocycles. The van der Waals surface area contributed by atoms with Gasteiger partial charge in [-0.05, 0) is 50.2 Å². The van der Waals surface area contributed by atoms with Crippen LogP contribution < -0.4 is 16.4 Å². The van der Waals surface area contributed by atoms with Crippen molar-refractivity contribution in [3.63, 3.8) is 0 Å². The summed E-state index contributed by atoms with van der Waals surface area (Å²) in [6, 6.07) is 6.14. The van der Waals surface area contributed by atoms with Gasteiger partial charge in [-0.3, -0.25) is 0 Å². The van der Waals surface area contributed by atoms with Crippen LogP contribution in [0, 0.1) is 0 Å². The van der Waals surface area contributed by atoms with Gasteiger partial charge in [-0.15, -0.1) is 0 Å². The number of hydrogen-bond donors (Lipinski definition) is 4. The van der Waals surface area contributed by atoms with Gasteiger partial charge >= 0.3 is 0 Å². The molecule has 170 valence electrons. The molecule has 30 heavy (non-hydrogen) atoms. The Labute approximate surface area is 185 Å². The fraction of sp³-hybridized carbons (Fsp3) is 0.615. The molecular formula is C26H45N3O. The van der Waals surface area contributed by atoms with Gasteiger partial charge < -0.3 is 21.5 Å². The van der Waals surface area contributed by atoms with E-state index in [-0.39, 0.29) is 0 Å². The molecule has 0 saturated heterocycles. The van der Waals surface area contributed by atoms with Crippen LogP contribution >= 0.6 is 0 Å². The fourth-order valence-electron chi connectivity index (χ4n) is 3.34. The summed E-state index contributed by atoms with van der Waals surface area (Å²) < 4.78 is 0. The highest BCUT2D eigenvalue weighted by Gasteiger charge is 2.03. The molecule has 5 N–H and O–H groups in total. The van der Waals surface area contributed by atoms with Crippen molar-refractivity contribution in [2.24, 2.45) is 5.73 Å². The summed E-state index contributed by atoms with van der Waals surface area (Å²) in [5.41, 5.74) is 7.65. The third kappa shape index (κ3) is 14.4. The molecule has 1 aromatic rings. The first-order valence-corrected chi connectivity index (χ1v) is 12.0. The van der Waals surface area contributed by atoms with E-state index in [4.69, 9.17) is 5.73 Å². The van der Waals surface area contributed by atoms with Gasteiger partial charge in [0, 0.05) is 38.3 Å². The van der Waals surface area contributed by atoms with Crippen molar-refractivity contribution in [1.82, 2.24) is 10.6 Å². The summed E-state index contributed by atoms with van der Waals surface area (Å²) in [7, 11) is 0. The topological polar surface area (TPSA) is 70.3 Å². The summed E-state index contributed by atoms with van der Waals surface area (Å²) in [4.78, 5) is 0. The van der Waals surface area contributed by atoms with Gasteiger partial charge in [0.15, 0.2) is 0 Å². The minimum atomic E-state index is 0.409. The lowest BCUT2D eigenvalue weighted by molar-refractivity contribution is 0.463. The molecule has 0 spiro atoms. The van der Waals surface area contributed by atoms with Crippen molar-refractivity contribution in [2.75, 3.05) is 26.2 Å². The van der Waals surface area contributed by atoms with Gasteiger partial charge in [-0.25, -0.2) is 0 Å². The number of aryl methyl sites for hydroxylation is 1. The van der Waals surface area contributed by atoms with E-state index in [1.54, 1.807) is 0 Å². The highest BCUT2D eigenvalue weighted by molar-refractivity contribution is 5.36. The van der Waals surface area contributed by atoms with Crippen LogP contribution in [0.3, 0.4) is 0 Å². The number of rotatable bonds is 19. The van der Waals surface area contributed by atoms with Crippen molar-refractivity contribution in [2.45, 2.75) is 77.7 Å². The zero-order valence-corrected chi connectivity index (χ0v) is 19.2. The lowest BCUT2D eigenvalue weighted by atomic mass is 10.0. The first-order valence-electron chi connectivity index (χ1n) is 12.0. The number of hydrogen-bond acceptors (Lipinski definition) is 4. The molecule has 1 rings (SSSR count). The van der Waals surface area contributed by atoms with Crippen LogP contribution in [0.2, 0.25) is 0 Å². The lowest BCUT2D eigenvalue weighted by Gasteiger charge is -2.09. The van der Waals surface area contributed by atoms with Gasteiger partial charge in [0.25, 0.3) is 0 Å². The summed E-state index contributed by atoms with van der Waals surface area (Å²) in [6.45, 7) is 6.17. The molecule has 0 radical (unpaired) electrons. The summed E-state index contributed by atoms with van der Waals surface area (Å²) in [5.74, 6) is 0.409. The van der Waals surface area contributed by atoms with E-state index >= 15 is 0 Å². The number of unbranched alkanes of at least 4 members (excludes halogenated alkanes) is 6. The van der Waals surface area contributed by atoms with Crippen LogP contribution in [0.15, 0.2) is 42.5 Å². The second kappa shape index (κ2) is 19.3. The molecule has 1 aromatic carbocycles. The maximum atomic E-state index is 10.3. The molecule has 0 amide bonds. The zero-order valence-electron chi connectivity index (χ0n) is 19.2. The Bertz CT molecular complexity index is 584. The molecule has 0 fully saturated rings. The van der Waals surface area contributed by atoms with Crippen LogP contribution in [0.4, 0.5) is 0 Å². The number of nitrogens with two attached hydrogens (primary N) is 1. The number of aromatic hydroxyl groups is 1. The highest BCUT2D eigenvalue weighted by Crippen LogP contribution is 2.20. The van der Waals surface area contributed by atoms with Crippen molar-refractivity contribution < 1.29 is 5.11 Å². The second-order valence-electron chi connectivity index (χ2n) is 7.95. The van der Waals surface area contributed by atoms with E-state index in [1.807, 2.05) is 6.07 Å².